The molecule has 0 bridgehead atoms. The lowest BCUT2D eigenvalue weighted by atomic mass is 10.6. The van der Waals surface area contributed by atoms with Crippen LogP contribution < -0.4 is 0 Å². The first-order valence-corrected chi connectivity index (χ1v) is 4.59. The minimum Gasteiger partial charge on any atom is -0.314 e. The van der Waals surface area contributed by atoms with Gasteiger partial charge in [-0.3, -0.25) is 0 Å². The number of hydroxylamine groups is 2. The Morgan fingerprint density at radius 2 is 1.36 bits per heavy atom. The molecule has 6 nitrogen and oxygen atoms in total. The summed E-state index contributed by atoms with van der Waals surface area (Å²) in [7, 11) is -4.64. The van der Waals surface area contributed by atoms with E-state index >= 15 is 0 Å². The van der Waals surface area contributed by atoms with Crippen molar-refractivity contribution in [2.24, 2.45) is 0 Å². The van der Waals surface area contributed by atoms with Crippen LogP contribution >= 0.6 is 7.82 Å². The fourth-order valence-corrected chi connectivity index (χ4v) is 0.224. The van der Waals surface area contributed by atoms with Gasteiger partial charge in [-0.05, 0) is 0 Å². The molecule has 0 radical (unpaired) electrons. The maximum Gasteiger partial charge on any atom is 0.466 e. The van der Waals surface area contributed by atoms with E-state index in [1.807, 2.05) is 13.8 Å². The Kier molecular flexibility index (Phi) is 8.32. The van der Waals surface area contributed by atoms with Crippen LogP contribution in [0.25, 0.3) is 0 Å². The normalized spacial score (nSPS) is 10.8. The van der Waals surface area contributed by atoms with Crippen LogP contribution in [0.4, 0.5) is 0 Å². The average molecular weight is 187 g/mol. The highest BCUT2D eigenvalue weighted by molar-refractivity contribution is 7.45. The van der Waals surface area contributed by atoms with Gasteiger partial charge in [-0.2, -0.15) is 5.06 Å². The zero-order valence-electron chi connectivity index (χ0n) is 6.51. The molecule has 0 aromatic heterocycles. The molecular formula is C4H14NO5P. The van der Waals surface area contributed by atoms with Crippen molar-refractivity contribution in [3.05, 3.63) is 0 Å². The molecule has 0 aliphatic rings. The third kappa shape index (κ3) is 39.8. The molecule has 0 aliphatic heterocycles. The highest BCUT2D eigenvalue weighted by Crippen LogP contribution is 2.25. The molecule has 4 N–H and O–H groups in total. The third-order valence-electron chi connectivity index (χ3n) is 0.730. The molecule has 0 rings (SSSR count). The summed E-state index contributed by atoms with van der Waals surface area (Å²) in [6.45, 7) is 5.25. The molecule has 11 heavy (non-hydrogen) atoms. The zero-order chi connectivity index (χ0) is 9.49. The zero-order valence-corrected chi connectivity index (χ0v) is 7.40. The minimum absolute atomic E-state index is 0.719. The highest BCUT2D eigenvalue weighted by atomic mass is 31.2. The third-order valence-corrected chi connectivity index (χ3v) is 0.730. The molecule has 0 heterocycles. The van der Waals surface area contributed by atoms with Crippen LogP contribution in [0.1, 0.15) is 13.8 Å². The van der Waals surface area contributed by atoms with E-state index < -0.39 is 7.82 Å². The standard InChI is InChI=1S/C4H11NO.H3O4P/c1-3-5(6)4-2;1-5(2,3)4/h6H,3-4H2,1-2H3;(H3,1,2,3,4). The fourth-order valence-electron chi connectivity index (χ4n) is 0.224. The van der Waals surface area contributed by atoms with Crippen molar-refractivity contribution in [2.75, 3.05) is 13.1 Å². The second kappa shape index (κ2) is 6.72. The number of rotatable bonds is 2. The maximum absolute atomic E-state index is 8.88. The van der Waals surface area contributed by atoms with Gasteiger partial charge < -0.3 is 19.9 Å². The number of hydrogen-bond donors (Lipinski definition) is 4. The Morgan fingerprint density at radius 3 is 1.36 bits per heavy atom. The van der Waals surface area contributed by atoms with Crippen LogP contribution in [-0.4, -0.2) is 38.0 Å². The number of phosphoric acid groups is 1. The molecule has 0 spiro atoms. The van der Waals surface area contributed by atoms with Gasteiger partial charge in [-0.15, -0.1) is 0 Å². The Labute approximate surface area is 65.3 Å². The molecule has 0 atom stereocenters. The summed E-state index contributed by atoms with van der Waals surface area (Å²) in [6, 6.07) is 0. The number of nitrogens with zero attached hydrogens (tertiary/aromatic N) is 1. The molecule has 0 saturated heterocycles. The van der Waals surface area contributed by atoms with Gasteiger partial charge in [0.2, 0.25) is 0 Å². The van der Waals surface area contributed by atoms with Crippen LogP contribution in [0, 0.1) is 0 Å². The summed E-state index contributed by atoms with van der Waals surface area (Å²) in [5.41, 5.74) is 0. The first-order chi connectivity index (χ1) is 4.81. The summed E-state index contributed by atoms with van der Waals surface area (Å²) < 4.78 is 8.88. The highest BCUT2D eigenvalue weighted by Gasteiger charge is 2.00. The van der Waals surface area contributed by atoms with Gasteiger partial charge in [-0.25, -0.2) is 4.57 Å². The molecule has 7 heteroatoms. The summed E-state index contributed by atoms with van der Waals surface area (Å²) in [5.74, 6) is 0. The van der Waals surface area contributed by atoms with E-state index in [1.165, 1.54) is 5.06 Å². The minimum atomic E-state index is -4.64. The SMILES string of the molecule is CCN(O)CC.O=P(O)(O)O. The van der Waals surface area contributed by atoms with Crippen molar-refractivity contribution >= 4 is 7.82 Å². The van der Waals surface area contributed by atoms with Gasteiger partial charge in [0.05, 0.1) is 0 Å². The van der Waals surface area contributed by atoms with E-state index in [9.17, 15) is 0 Å². The quantitative estimate of drug-likeness (QED) is 0.352. The molecule has 0 unspecified atom stereocenters. The molecule has 70 valence electrons. The summed E-state index contributed by atoms with van der Waals surface area (Å²) in [6.07, 6.45) is 0. The molecule has 0 saturated carbocycles. The van der Waals surface area contributed by atoms with Gasteiger partial charge in [0.1, 0.15) is 0 Å². The van der Waals surface area contributed by atoms with Gasteiger partial charge in [-0.1, -0.05) is 13.8 Å². The van der Waals surface area contributed by atoms with Gasteiger partial charge in [0, 0.05) is 13.1 Å². The van der Waals surface area contributed by atoms with Gasteiger partial charge >= 0.3 is 7.82 Å². The predicted molar refractivity (Wildman–Crippen MR) is 39.0 cm³/mol. The lowest BCUT2D eigenvalue weighted by Gasteiger charge is -2.05. The maximum atomic E-state index is 8.88. The largest absolute Gasteiger partial charge is 0.466 e. The van der Waals surface area contributed by atoms with Crippen molar-refractivity contribution in [3.8, 4) is 0 Å². The first kappa shape index (κ1) is 13.6. The smallest absolute Gasteiger partial charge is 0.314 e. The van der Waals surface area contributed by atoms with E-state index in [4.69, 9.17) is 24.5 Å². The van der Waals surface area contributed by atoms with Crippen molar-refractivity contribution in [1.82, 2.24) is 5.06 Å². The van der Waals surface area contributed by atoms with Crippen LogP contribution in [0.15, 0.2) is 0 Å². The van der Waals surface area contributed by atoms with Crippen molar-refractivity contribution in [2.45, 2.75) is 13.8 Å². The predicted octanol–water partition coefficient (Wildman–Crippen LogP) is -0.211. The average Bonchev–Trinajstić information content (AvgIpc) is 1.83. The molecule has 0 fully saturated rings. The Morgan fingerprint density at radius 1 is 1.18 bits per heavy atom. The lowest BCUT2D eigenvalue weighted by Crippen LogP contribution is -2.16. The molecule has 0 aromatic carbocycles. The monoisotopic (exact) mass is 187 g/mol. The lowest BCUT2D eigenvalue weighted by molar-refractivity contribution is -0.0813. The van der Waals surface area contributed by atoms with Crippen LogP contribution in [0.5, 0.6) is 0 Å². The van der Waals surface area contributed by atoms with E-state index in [1.54, 1.807) is 0 Å². The molecular weight excluding hydrogens is 173 g/mol. The molecule has 0 amide bonds. The first-order valence-electron chi connectivity index (χ1n) is 3.03. The summed E-state index contributed by atoms with van der Waals surface area (Å²) >= 11 is 0. The second-order valence-corrected chi connectivity index (χ2v) is 2.68. The summed E-state index contributed by atoms with van der Waals surface area (Å²) in [4.78, 5) is 21.6. The van der Waals surface area contributed by atoms with Crippen molar-refractivity contribution in [1.29, 1.82) is 0 Å². The Hall–Kier alpha value is 0.0300. The Bertz CT molecular complexity index is 111. The van der Waals surface area contributed by atoms with Crippen LogP contribution in [0.2, 0.25) is 0 Å². The van der Waals surface area contributed by atoms with Crippen LogP contribution in [-0.2, 0) is 4.57 Å². The van der Waals surface area contributed by atoms with Crippen LogP contribution in [0.3, 0.4) is 0 Å². The van der Waals surface area contributed by atoms with Gasteiger partial charge in [0.15, 0.2) is 0 Å². The van der Waals surface area contributed by atoms with E-state index in [2.05, 4.69) is 0 Å². The summed E-state index contributed by atoms with van der Waals surface area (Å²) in [5, 5.41) is 9.75. The van der Waals surface area contributed by atoms with E-state index in [0.29, 0.717) is 0 Å². The van der Waals surface area contributed by atoms with E-state index in [0.717, 1.165) is 13.1 Å². The Balaban J connectivity index is 0. The molecule has 0 aromatic rings. The topological polar surface area (TPSA) is 101 Å². The molecule has 0 aliphatic carbocycles. The number of hydrogen-bond acceptors (Lipinski definition) is 3. The van der Waals surface area contributed by atoms with Crippen molar-refractivity contribution in [3.63, 3.8) is 0 Å². The second-order valence-electron chi connectivity index (χ2n) is 1.65. The van der Waals surface area contributed by atoms with E-state index in [-0.39, 0.29) is 0 Å². The fraction of sp³-hybridized carbons (Fsp3) is 1.00. The van der Waals surface area contributed by atoms with Crippen molar-refractivity contribution < 1.29 is 24.5 Å². The van der Waals surface area contributed by atoms with Gasteiger partial charge in [0.25, 0.3) is 0 Å².